The average molecular weight is 280 g/mol. The second kappa shape index (κ2) is 5.52. The quantitative estimate of drug-likeness (QED) is 0.859. The molecule has 1 saturated carbocycles. The molecule has 0 aliphatic heterocycles. The van der Waals surface area contributed by atoms with Gasteiger partial charge in [0.15, 0.2) is 0 Å². The number of hydrogen-bond donors (Lipinski definition) is 0. The van der Waals surface area contributed by atoms with Crippen LogP contribution in [0.4, 0.5) is 0 Å². The van der Waals surface area contributed by atoms with Crippen LogP contribution in [0, 0.1) is 5.92 Å². The Labute approximate surface area is 115 Å². The van der Waals surface area contributed by atoms with Crippen molar-refractivity contribution in [2.45, 2.75) is 25.7 Å². The van der Waals surface area contributed by atoms with Crippen LogP contribution in [-0.2, 0) is 0 Å². The monoisotopic (exact) mass is 279 g/mol. The molecule has 0 aromatic carbocycles. The minimum absolute atomic E-state index is 0.113. The average Bonchev–Trinajstić information content (AvgIpc) is 3.09. The third-order valence-electron chi connectivity index (χ3n) is 3.21. The molecule has 1 aliphatic carbocycles. The van der Waals surface area contributed by atoms with Crippen LogP contribution in [0.1, 0.15) is 25.7 Å². The second-order valence-electron chi connectivity index (χ2n) is 4.60. The molecule has 7 heteroatoms. The molecule has 2 heterocycles. The van der Waals surface area contributed by atoms with E-state index in [-0.39, 0.29) is 11.3 Å². The van der Waals surface area contributed by atoms with Crippen molar-refractivity contribution in [1.29, 1.82) is 0 Å². The Bertz CT molecular complexity index is 539. The molecule has 1 fully saturated rings. The van der Waals surface area contributed by atoms with Crippen LogP contribution in [-0.4, -0.2) is 31.3 Å². The topological polar surface area (TPSA) is 65.7 Å². The molecule has 0 spiro atoms. The molecule has 0 amide bonds. The van der Waals surface area contributed by atoms with Crippen LogP contribution in [0.2, 0.25) is 5.28 Å². The highest BCUT2D eigenvalue weighted by Crippen LogP contribution is 2.25. The van der Waals surface area contributed by atoms with E-state index in [2.05, 4.69) is 20.1 Å². The van der Waals surface area contributed by atoms with Crippen LogP contribution in [0.5, 0.6) is 6.01 Å². The summed E-state index contributed by atoms with van der Waals surface area (Å²) in [7, 11) is 0. The van der Waals surface area contributed by atoms with Crippen LogP contribution in [0.25, 0.3) is 5.95 Å². The van der Waals surface area contributed by atoms with Crippen molar-refractivity contribution in [1.82, 2.24) is 24.7 Å². The highest BCUT2D eigenvalue weighted by Gasteiger charge is 2.17. The molecule has 2 aromatic rings. The van der Waals surface area contributed by atoms with E-state index >= 15 is 0 Å². The lowest BCUT2D eigenvalue weighted by Crippen LogP contribution is -2.12. The maximum atomic E-state index is 5.88. The first-order valence-corrected chi connectivity index (χ1v) is 6.73. The zero-order valence-corrected chi connectivity index (χ0v) is 11.1. The van der Waals surface area contributed by atoms with Gasteiger partial charge in [-0.1, -0.05) is 12.8 Å². The largest absolute Gasteiger partial charge is 0.463 e. The van der Waals surface area contributed by atoms with E-state index < -0.39 is 0 Å². The SMILES string of the molecule is Clc1nc(OCC2CCCC2)nc(-n2cccn2)n1. The molecule has 0 atom stereocenters. The summed E-state index contributed by atoms with van der Waals surface area (Å²) in [4.78, 5) is 12.2. The molecule has 0 radical (unpaired) electrons. The number of nitrogens with zero attached hydrogens (tertiary/aromatic N) is 5. The van der Waals surface area contributed by atoms with Crippen LogP contribution >= 0.6 is 11.6 Å². The lowest BCUT2D eigenvalue weighted by atomic mass is 10.1. The van der Waals surface area contributed by atoms with Gasteiger partial charge in [-0.3, -0.25) is 0 Å². The van der Waals surface area contributed by atoms with Gasteiger partial charge in [-0.15, -0.1) is 0 Å². The van der Waals surface area contributed by atoms with Crippen molar-refractivity contribution in [3.05, 3.63) is 23.7 Å². The summed E-state index contributed by atoms with van der Waals surface area (Å²) in [6.45, 7) is 0.638. The van der Waals surface area contributed by atoms with Gasteiger partial charge in [-0.05, 0) is 36.4 Å². The Balaban J connectivity index is 1.74. The van der Waals surface area contributed by atoms with Crippen LogP contribution in [0.3, 0.4) is 0 Å². The van der Waals surface area contributed by atoms with E-state index in [1.165, 1.54) is 30.4 Å². The van der Waals surface area contributed by atoms with Gasteiger partial charge in [0, 0.05) is 12.4 Å². The predicted octanol–water partition coefficient (Wildman–Crippen LogP) is 2.28. The fourth-order valence-electron chi connectivity index (χ4n) is 2.25. The Hall–Kier alpha value is -1.69. The van der Waals surface area contributed by atoms with Gasteiger partial charge in [0.2, 0.25) is 5.28 Å². The van der Waals surface area contributed by atoms with Crippen molar-refractivity contribution in [2.24, 2.45) is 5.92 Å². The summed E-state index contributed by atoms with van der Waals surface area (Å²) in [6.07, 6.45) is 8.38. The van der Waals surface area contributed by atoms with Crippen LogP contribution in [0.15, 0.2) is 18.5 Å². The van der Waals surface area contributed by atoms with Gasteiger partial charge in [0.05, 0.1) is 6.61 Å². The summed E-state index contributed by atoms with van der Waals surface area (Å²) in [5, 5.41) is 4.17. The lowest BCUT2D eigenvalue weighted by molar-refractivity contribution is 0.233. The molecule has 0 N–H and O–H groups in total. The van der Waals surface area contributed by atoms with E-state index in [1.54, 1.807) is 18.5 Å². The summed E-state index contributed by atoms with van der Waals surface area (Å²) in [6, 6.07) is 2.05. The third kappa shape index (κ3) is 3.01. The summed E-state index contributed by atoms with van der Waals surface area (Å²) < 4.78 is 7.15. The van der Waals surface area contributed by atoms with E-state index in [0.717, 1.165) is 0 Å². The fraction of sp³-hybridized carbons (Fsp3) is 0.500. The van der Waals surface area contributed by atoms with E-state index in [0.29, 0.717) is 18.5 Å². The summed E-state index contributed by atoms with van der Waals surface area (Å²) in [5.41, 5.74) is 0. The van der Waals surface area contributed by atoms with Crippen LogP contribution < -0.4 is 4.74 Å². The van der Waals surface area contributed by atoms with Gasteiger partial charge in [-0.2, -0.15) is 20.1 Å². The van der Waals surface area contributed by atoms with Crippen molar-refractivity contribution in [3.8, 4) is 12.0 Å². The number of ether oxygens (including phenoxy) is 1. The van der Waals surface area contributed by atoms with Gasteiger partial charge in [0.1, 0.15) is 0 Å². The van der Waals surface area contributed by atoms with Crippen molar-refractivity contribution in [2.75, 3.05) is 6.61 Å². The van der Waals surface area contributed by atoms with E-state index in [4.69, 9.17) is 16.3 Å². The Morgan fingerprint density at radius 2 is 2.11 bits per heavy atom. The first-order chi connectivity index (χ1) is 9.31. The van der Waals surface area contributed by atoms with Crippen molar-refractivity contribution in [3.63, 3.8) is 0 Å². The number of aromatic nitrogens is 5. The molecule has 6 nitrogen and oxygen atoms in total. The van der Waals surface area contributed by atoms with E-state index in [1.807, 2.05) is 0 Å². The predicted molar refractivity (Wildman–Crippen MR) is 69.4 cm³/mol. The Morgan fingerprint density at radius 1 is 1.26 bits per heavy atom. The fourth-order valence-corrected chi connectivity index (χ4v) is 2.39. The molecular formula is C12H14ClN5O. The molecule has 2 aromatic heterocycles. The molecule has 100 valence electrons. The molecule has 0 unspecified atom stereocenters. The molecule has 1 aliphatic rings. The number of rotatable bonds is 4. The minimum Gasteiger partial charge on any atom is -0.463 e. The maximum absolute atomic E-state index is 5.88. The molecule has 3 rings (SSSR count). The second-order valence-corrected chi connectivity index (χ2v) is 4.94. The zero-order valence-electron chi connectivity index (χ0n) is 10.4. The summed E-state index contributed by atoms with van der Waals surface area (Å²) in [5.74, 6) is 0.968. The molecular weight excluding hydrogens is 266 g/mol. The Kier molecular flexibility index (Phi) is 3.59. The maximum Gasteiger partial charge on any atom is 0.322 e. The normalized spacial score (nSPS) is 15.8. The lowest BCUT2D eigenvalue weighted by Gasteiger charge is -2.10. The van der Waals surface area contributed by atoms with Crippen molar-refractivity contribution < 1.29 is 4.74 Å². The first kappa shape index (κ1) is 12.3. The molecule has 0 saturated heterocycles. The third-order valence-corrected chi connectivity index (χ3v) is 3.38. The smallest absolute Gasteiger partial charge is 0.322 e. The van der Waals surface area contributed by atoms with Crippen molar-refractivity contribution >= 4 is 11.6 Å². The van der Waals surface area contributed by atoms with Gasteiger partial charge >= 0.3 is 6.01 Å². The highest BCUT2D eigenvalue weighted by molar-refractivity contribution is 6.28. The number of halogens is 1. The number of hydrogen-bond acceptors (Lipinski definition) is 5. The minimum atomic E-state index is 0.113. The molecule has 0 bridgehead atoms. The summed E-state index contributed by atoms with van der Waals surface area (Å²) >= 11 is 5.88. The highest BCUT2D eigenvalue weighted by atomic mass is 35.5. The molecule has 19 heavy (non-hydrogen) atoms. The van der Waals surface area contributed by atoms with Gasteiger partial charge in [0.25, 0.3) is 5.95 Å². The first-order valence-electron chi connectivity index (χ1n) is 6.35. The zero-order chi connectivity index (χ0) is 13.1. The van der Waals surface area contributed by atoms with E-state index in [9.17, 15) is 0 Å². The standard InChI is InChI=1S/C12H14ClN5O/c13-10-15-11(18-7-3-6-14-18)17-12(16-10)19-8-9-4-1-2-5-9/h3,6-7,9H,1-2,4-5,8H2. The van der Waals surface area contributed by atoms with Gasteiger partial charge in [-0.25, -0.2) is 4.68 Å². The van der Waals surface area contributed by atoms with Gasteiger partial charge < -0.3 is 4.74 Å². The Morgan fingerprint density at radius 3 is 2.84 bits per heavy atom.